The standard InChI is InChI=1S/C26H25NO5S/c1-31-23-15-20(12-13-22(23)32-16-19-10-6-3-7-11-19)25-27(21(17-33-25)26(29)30)24(28)14-18-8-4-2-5-9-18/h2-13,15,21,25H,14,16-17H2,1H3,(H,29,30). The van der Waals surface area contributed by atoms with Gasteiger partial charge in [-0.25, -0.2) is 4.79 Å². The molecule has 1 fully saturated rings. The Morgan fingerprint density at radius 2 is 1.64 bits per heavy atom. The number of hydrogen-bond donors (Lipinski definition) is 1. The largest absolute Gasteiger partial charge is 0.493 e. The zero-order valence-electron chi connectivity index (χ0n) is 18.2. The SMILES string of the molecule is COc1cc(C2SCC(C(=O)O)N2C(=O)Cc2ccccc2)ccc1OCc1ccccc1. The molecule has 0 aromatic heterocycles. The minimum absolute atomic E-state index is 0.150. The van der Waals surface area contributed by atoms with Crippen LogP contribution in [0.4, 0.5) is 0 Å². The minimum Gasteiger partial charge on any atom is -0.493 e. The molecule has 3 aromatic rings. The number of amides is 1. The molecular formula is C26H25NO5S. The van der Waals surface area contributed by atoms with Crippen molar-refractivity contribution in [1.82, 2.24) is 4.90 Å². The second-order valence-electron chi connectivity index (χ2n) is 7.69. The predicted octanol–water partition coefficient (Wildman–Crippen LogP) is 4.54. The van der Waals surface area contributed by atoms with Gasteiger partial charge in [0.1, 0.15) is 18.0 Å². The summed E-state index contributed by atoms with van der Waals surface area (Å²) in [5.41, 5.74) is 2.69. The van der Waals surface area contributed by atoms with Gasteiger partial charge in [0.25, 0.3) is 0 Å². The van der Waals surface area contributed by atoms with Gasteiger partial charge in [0.05, 0.1) is 13.5 Å². The lowest BCUT2D eigenvalue weighted by Crippen LogP contribution is -2.43. The van der Waals surface area contributed by atoms with Gasteiger partial charge in [-0.1, -0.05) is 66.7 Å². The maximum atomic E-state index is 13.2. The van der Waals surface area contributed by atoms with E-state index in [4.69, 9.17) is 9.47 Å². The van der Waals surface area contributed by atoms with Crippen LogP contribution in [0.25, 0.3) is 0 Å². The van der Waals surface area contributed by atoms with Crippen LogP contribution in [0.15, 0.2) is 78.9 Å². The summed E-state index contributed by atoms with van der Waals surface area (Å²) >= 11 is 1.44. The fraction of sp³-hybridized carbons (Fsp3) is 0.231. The van der Waals surface area contributed by atoms with Crippen molar-refractivity contribution < 1.29 is 24.2 Å². The molecule has 2 atom stereocenters. The third-order valence-corrected chi connectivity index (χ3v) is 6.80. The fourth-order valence-electron chi connectivity index (χ4n) is 3.81. The monoisotopic (exact) mass is 463 g/mol. The molecule has 4 rings (SSSR count). The maximum absolute atomic E-state index is 13.2. The molecule has 0 saturated carbocycles. The molecule has 170 valence electrons. The van der Waals surface area contributed by atoms with E-state index < -0.39 is 17.4 Å². The molecule has 3 aromatic carbocycles. The number of aliphatic carboxylic acids is 1. The van der Waals surface area contributed by atoms with E-state index in [0.717, 1.165) is 16.7 Å². The Hall–Kier alpha value is -3.45. The number of ether oxygens (including phenoxy) is 2. The molecule has 0 spiro atoms. The summed E-state index contributed by atoms with van der Waals surface area (Å²) < 4.78 is 11.5. The third-order valence-electron chi connectivity index (χ3n) is 5.48. The summed E-state index contributed by atoms with van der Waals surface area (Å²) in [7, 11) is 1.56. The molecule has 1 aliphatic heterocycles. The number of thioether (sulfide) groups is 1. The molecular weight excluding hydrogens is 438 g/mol. The summed E-state index contributed by atoms with van der Waals surface area (Å²) in [6, 6.07) is 23.8. The van der Waals surface area contributed by atoms with Gasteiger partial charge in [-0.3, -0.25) is 4.79 Å². The van der Waals surface area contributed by atoms with Gasteiger partial charge in [0, 0.05) is 5.75 Å². The number of nitrogens with zero attached hydrogens (tertiary/aromatic N) is 1. The Labute approximate surface area is 197 Å². The third kappa shape index (κ3) is 5.31. The highest BCUT2D eigenvalue weighted by atomic mass is 32.2. The molecule has 33 heavy (non-hydrogen) atoms. The van der Waals surface area contributed by atoms with Gasteiger partial charge in [-0.2, -0.15) is 0 Å². The number of carboxylic acids is 1. The van der Waals surface area contributed by atoms with Crippen molar-refractivity contribution in [2.45, 2.75) is 24.4 Å². The van der Waals surface area contributed by atoms with Crippen LogP contribution in [0.5, 0.6) is 11.5 Å². The van der Waals surface area contributed by atoms with Gasteiger partial charge in [-0.15, -0.1) is 11.8 Å². The van der Waals surface area contributed by atoms with Crippen molar-refractivity contribution in [2.75, 3.05) is 12.9 Å². The summed E-state index contributed by atoms with van der Waals surface area (Å²) in [5, 5.41) is 9.32. The summed E-state index contributed by atoms with van der Waals surface area (Å²) in [4.78, 5) is 26.6. The molecule has 6 nitrogen and oxygen atoms in total. The van der Waals surface area contributed by atoms with E-state index in [-0.39, 0.29) is 12.3 Å². The van der Waals surface area contributed by atoms with E-state index in [2.05, 4.69) is 0 Å². The number of benzene rings is 3. The first kappa shape index (κ1) is 22.7. The number of hydrogen-bond acceptors (Lipinski definition) is 5. The lowest BCUT2D eigenvalue weighted by atomic mass is 10.1. The first-order chi connectivity index (χ1) is 16.1. The normalized spacial score (nSPS) is 17.5. The molecule has 1 saturated heterocycles. The number of carbonyl (C=O) groups excluding carboxylic acids is 1. The van der Waals surface area contributed by atoms with E-state index in [1.165, 1.54) is 16.7 Å². The maximum Gasteiger partial charge on any atom is 0.327 e. The lowest BCUT2D eigenvalue weighted by Gasteiger charge is -2.28. The topological polar surface area (TPSA) is 76.1 Å². The van der Waals surface area contributed by atoms with Gasteiger partial charge in [-0.05, 0) is 28.8 Å². The Bertz CT molecular complexity index is 1110. The van der Waals surface area contributed by atoms with E-state index >= 15 is 0 Å². The van der Waals surface area contributed by atoms with Crippen LogP contribution < -0.4 is 9.47 Å². The van der Waals surface area contributed by atoms with Crippen molar-refractivity contribution in [3.05, 3.63) is 95.6 Å². The molecule has 2 unspecified atom stereocenters. The Balaban J connectivity index is 1.56. The second kappa shape index (κ2) is 10.4. The van der Waals surface area contributed by atoms with Crippen LogP contribution in [-0.4, -0.2) is 40.8 Å². The van der Waals surface area contributed by atoms with Crippen LogP contribution in [0, 0.1) is 0 Å². The Morgan fingerprint density at radius 1 is 0.970 bits per heavy atom. The van der Waals surface area contributed by atoms with Gasteiger partial charge >= 0.3 is 5.97 Å². The van der Waals surface area contributed by atoms with Gasteiger partial charge in [0.2, 0.25) is 5.91 Å². The predicted molar refractivity (Wildman–Crippen MR) is 127 cm³/mol. The van der Waals surface area contributed by atoms with E-state index in [1.54, 1.807) is 7.11 Å². The van der Waals surface area contributed by atoms with Crippen molar-refractivity contribution in [3.8, 4) is 11.5 Å². The molecule has 1 N–H and O–H groups in total. The van der Waals surface area contributed by atoms with Crippen LogP contribution in [0.1, 0.15) is 22.1 Å². The quantitative estimate of drug-likeness (QED) is 0.528. The molecule has 1 heterocycles. The number of rotatable bonds is 8. The first-order valence-corrected chi connectivity index (χ1v) is 11.7. The van der Waals surface area contributed by atoms with Crippen molar-refractivity contribution in [2.24, 2.45) is 0 Å². The lowest BCUT2D eigenvalue weighted by molar-refractivity contribution is -0.148. The molecule has 0 aliphatic carbocycles. The molecule has 7 heteroatoms. The average Bonchev–Trinajstić information content (AvgIpc) is 3.30. The average molecular weight is 464 g/mol. The highest BCUT2D eigenvalue weighted by Crippen LogP contribution is 2.44. The minimum atomic E-state index is -0.999. The van der Waals surface area contributed by atoms with Crippen LogP contribution in [-0.2, 0) is 22.6 Å². The smallest absolute Gasteiger partial charge is 0.327 e. The number of methoxy groups -OCH3 is 1. The Kier molecular flexibility index (Phi) is 7.19. The zero-order valence-corrected chi connectivity index (χ0v) is 19.0. The van der Waals surface area contributed by atoms with Crippen LogP contribution in [0.2, 0.25) is 0 Å². The van der Waals surface area contributed by atoms with Crippen molar-refractivity contribution >= 4 is 23.6 Å². The summed E-state index contributed by atoms with van der Waals surface area (Å²) in [6.45, 7) is 0.400. The first-order valence-electron chi connectivity index (χ1n) is 10.6. The van der Waals surface area contributed by atoms with Crippen LogP contribution in [0.3, 0.4) is 0 Å². The van der Waals surface area contributed by atoms with Gasteiger partial charge < -0.3 is 19.5 Å². The molecule has 0 radical (unpaired) electrons. The summed E-state index contributed by atoms with van der Waals surface area (Å²) in [6.07, 6.45) is 0.150. The Morgan fingerprint density at radius 3 is 2.27 bits per heavy atom. The second-order valence-corrected chi connectivity index (χ2v) is 8.80. The fourth-order valence-corrected chi connectivity index (χ4v) is 5.24. The van der Waals surface area contributed by atoms with Crippen molar-refractivity contribution in [1.29, 1.82) is 0 Å². The van der Waals surface area contributed by atoms with Gasteiger partial charge in [0.15, 0.2) is 11.5 Å². The highest BCUT2D eigenvalue weighted by molar-refractivity contribution is 7.99. The molecule has 1 aliphatic rings. The number of carboxylic acid groups (broad SMARTS) is 1. The zero-order chi connectivity index (χ0) is 23.2. The molecule has 1 amide bonds. The van der Waals surface area contributed by atoms with E-state index in [0.29, 0.717) is 23.9 Å². The van der Waals surface area contributed by atoms with Crippen LogP contribution >= 0.6 is 11.8 Å². The van der Waals surface area contributed by atoms with E-state index in [9.17, 15) is 14.7 Å². The molecule has 0 bridgehead atoms. The number of carbonyl (C=O) groups is 2. The van der Waals surface area contributed by atoms with Crippen molar-refractivity contribution in [3.63, 3.8) is 0 Å². The summed E-state index contributed by atoms with van der Waals surface area (Å²) in [5.74, 6) is 0.242. The highest BCUT2D eigenvalue weighted by Gasteiger charge is 2.42. The van der Waals surface area contributed by atoms with E-state index in [1.807, 2.05) is 78.9 Å².